The van der Waals surface area contributed by atoms with Crippen LogP contribution in [-0.2, 0) is 0 Å². The normalized spacial score (nSPS) is 16.0. The topological polar surface area (TPSA) is 32.3 Å². The molecule has 0 aliphatic rings. The van der Waals surface area contributed by atoms with E-state index in [2.05, 4.69) is 33.0 Å². The minimum absolute atomic E-state index is 0.549. The van der Waals surface area contributed by atoms with Gasteiger partial charge in [0.15, 0.2) is 0 Å². The highest BCUT2D eigenvalue weighted by Gasteiger charge is 2.21. The molecule has 1 unspecified atom stereocenters. The zero-order valence-electron chi connectivity index (χ0n) is 11.1. The standard InChI is InChI=1S/C13H29NO/c1-6-12(7-2)14-10-13(5,15)9-8-11(3)4/h11-12,14-15H,6-10H2,1-5H3. The molecule has 0 saturated heterocycles. The lowest BCUT2D eigenvalue weighted by Gasteiger charge is -2.27. The molecule has 0 spiro atoms. The third-order valence-electron chi connectivity index (χ3n) is 3.02. The minimum Gasteiger partial charge on any atom is -0.389 e. The zero-order chi connectivity index (χ0) is 11.9. The van der Waals surface area contributed by atoms with Gasteiger partial charge >= 0.3 is 0 Å². The smallest absolute Gasteiger partial charge is 0.0743 e. The van der Waals surface area contributed by atoms with Gasteiger partial charge in [0.2, 0.25) is 0 Å². The highest BCUT2D eigenvalue weighted by molar-refractivity contribution is 4.78. The van der Waals surface area contributed by atoms with E-state index in [9.17, 15) is 5.11 Å². The summed E-state index contributed by atoms with van der Waals surface area (Å²) in [7, 11) is 0. The van der Waals surface area contributed by atoms with Crippen molar-refractivity contribution >= 4 is 0 Å². The number of aliphatic hydroxyl groups is 1. The average Bonchev–Trinajstić information content (AvgIpc) is 2.17. The van der Waals surface area contributed by atoms with Crippen LogP contribution in [0.2, 0.25) is 0 Å². The van der Waals surface area contributed by atoms with Crippen LogP contribution in [0, 0.1) is 5.92 Å². The molecule has 0 rings (SSSR count). The molecular weight excluding hydrogens is 186 g/mol. The van der Waals surface area contributed by atoms with Gasteiger partial charge in [-0.25, -0.2) is 0 Å². The number of nitrogens with one attached hydrogen (secondary N) is 1. The summed E-state index contributed by atoms with van der Waals surface area (Å²) in [6, 6.07) is 0.551. The summed E-state index contributed by atoms with van der Waals surface area (Å²) in [5.74, 6) is 0.671. The van der Waals surface area contributed by atoms with E-state index in [-0.39, 0.29) is 0 Å². The van der Waals surface area contributed by atoms with Crippen molar-refractivity contribution in [3.05, 3.63) is 0 Å². The Hall–Kier alpha value is -0.0800. The van der Waals surface area contributed by atoms with Crippen LogP contribution in [0.15, 0.2) is 0 Å². The van der Waals surface area contributed by atoms with Crippen LogP contribution in [0.4, 0.5) is 0 Å². The fraction of sp³-hybridized carbons (Fsp3) is 1.00. The lowest BCUT2D eigenvalue weighted by molar-refractivity contribution is 0.0423. The van der Waals surface area contributed by atoms with Crippen LogP contribution >= 0.6 is 0 Å². The number of rotatable bonds is 8. The molecule has 0 aromatic rings. The second kappa shape index (κ2) is 7.24. The summed E-state index contributed by atoms with van der Waals surface area (Å²) in [5, 5.41) is 13.6. The molecule has 2 heteroatoms. The summed E-state index contributed by atoms with van der Waals surface area (Å²) in [5.41, 5.74) is -0.549. The van der Waals surface area contributed by atoms with Gasteiger partial charge in [-0.3, -0.25) is 0 Å². The van der Waals surface area contributed by atoms with Crippen LogP contribution < -0.4 is 5.32 Å². The van der Waals surface area contributed by atoms with Crippen molar-refractivity contribution in [1.29, 1.82) is 0 Å². The zero-order valence-corrected chi connectivity index (χ0v) is 11.1. The Morgan fingerprint density at radius 3 is 2.13 bits per heavy atom. The lowest BCUT2D eigenvalue weighted by Crippen LogP contribution is -2.42. The predicted molar refractivity (Wildman–Crippen MR) is 67.1 cm³/mol. The van der Waals surface area contributed by atoms with E-state index in [1.165, 1.54) is 0 Å². The Balaban J connectivity index is 3.81. The van der Waals surface area contributed by atoms with E-state index in [4.69, 9.17) is 0 Å². The predicted octanol–water partition coefficient (Wildman–Crippen LogP) is 2.95. The maximum atomic E-state index is 10.1. The molecule has 0 amide bonds. The molecule has 2 N–H and O–H groups in total. The third kappa shape index (κ3) is 7.80. The first-order valence-corrected chi connectivity index (χ1v) is 6.37. The van der Waals surface area contributed by atoms with E-state index in [0.717, 1.165) is 25.7 Å². The molecule has 92 valence electrons. The van der Waals surface area contributed by atoms with Gasteiger partial charge in [-0.2, -0.15) is 0 Å². The van der Waals surface area contributed by atoms with Gasteiger partial charge < -0.3 is 10.4 Å². The Kier molecular flexibility index (Phi) is 7.20. The van der Waals surface area contributed by atoms with Gasteiger partial charge in [0.1, 0.15) is 0 Å². The van der Waals surface area contributed by atoms with Gasteiger partial charge in [-0.05, 0) is 38.5 Å². The Labute approximate surface area is 95.5 Å². The molecule has 0 aromatic heterocycles. The molecule has 0 aliphatic heterocycles. The van der Waals surface area contributed by atoms with Crippen molar-refractivity contribution in [2.24, 2.45) is 5.92 Å². The lowest BCUT2D eigenvalue weighted by atomic mass is 9.95. The number of hydrogen-bond acceptors (Lipinski definition) is 2. The summed E-state index contributed by atoms with van der Waals surface area (Å²) in [4.78, 5) is 0. The molecule has 1 atom stereocenters. The average molecular weight is 215 g/mol. The highest BCUT2D eigenvalue weighted by atomic mass is 16.3. The molecule has 15 heavy (non-hydrogen) atoms. The SMILES string of the molecule is CCC(CC)NCC(C)(O)CCC(C)C. The van der Waals surface area contributed by atoms with E-state index < -0.39 is 5.60 Å². The van der Waals surface area contributed by atoms with Crippen LogP contribution in [0.3, 0.4) is 0 Å². The second-order valence-electron chi connectivity index (χ2n) is 5.32. The molecule has 2 nitrogen and oxygen atoms in total. The van der Waals surface area contributed by atoms with Crippen molar-refractivity contribution in [3.63, 3.8) is 0 Å². The van der Waals surface area contributed by atoms with Gasteiger partial charge in [0, 0.05) is 12.6 Å². The van der Waals surface area contributed by atoms with E-state index in [1.54, 1.807) is 0 Å². The van der Waals surface area contributed by atoms with Crippen molar-refractivity contribution in [2.75, 3.05) is 6.54 Å². The van der Waals surface area contributed by atoms with Crippen LogP contribution in [-0.4, -0.2) is 23.3 Å². The first kappa shape index (κ1) is 14.9. The van der Waals surface area contributed by atoms with Crippen molar-refractivity contribution in [3.8, 4) is 0 Å². The van der Waals surface area contributed by atoms with E-state index >= 15 is 0 Å². The first-order valence-electron chi connectivity index (χ1n) is 6.37. The van der Waals surface area contributed by atoms with Gasteiger partial charge in [0.05, 0.1) is 5.60 Å². The Bertz CT molecular complexity index is 151. The molecular formula is C13H29NO. The first-order chi connectivity index (χ1) is 6.91. The van der Waals surface area contributed by atoms with Crippen molar-refractivity contribution < 1.29 is 5.11 Å². The van der Waals surface area contributed by atoms with Crippen molar-refractivity contribution in [2.45, 2.75) is 71.9 Å². The molecule has 0 aromatic carbocycles. The molecule has 0 bridgehead atoms. The van der Waals surface area contributed by atoms with Crippen LogP contribution in [0.5, 0.6) is 0 Å². The Morgan fingerprint density at radius 1 is 1.20 bits per heavy atom. The molecule has 0 saturated carbocycles. The van der Waals surface area contributed by atoms with Gasteiger partial charge in [0.25, 0.3) is 0 Å². The monoisotopic (exact) mass is 215 g/mol. The van der Waals surface area contributed by atoms with Crippen molar-refractivity contribution in [1.82, 2.24) is 5.32 Å². The summed E-state index contributed by atoms with van der Waals surface area (Å²) in [6.07, 6.45) is 4.25. The van der Waals surface area contributed by atoms with Gasteiger partial charge in [-0.1, -0.05) is 27.7 Å². The largest absolute Gasteiger partial charge is 0.389 e. The van der Waals surface area contributed by atoms with E-state index in [0.29, 0.717) is 18.5 Å². The van der Waals surface area contributed by atoms with Crippen LogP contribution in [0.25, 0.3) is 0 Å². The fourth-order valence-corrected chi connectivity index (χ4v) is 1.63. The van der Waals surface area contributed by atoms with Crippen LogP contribution in [0.1, 0.15) is 60.3 Å². The maximum absolute atomic E-state index is 10.1. The third-order valence-corrected chi connectivity index (χ3v) is 3.02. The molecule has 0 radical (unpaired) electrons. The fourth-order valence-electron chi connectivity index (χ4n) is 1.63. The minimum atomic E-state index is -0.549. The maximum Gasteiger partial charge on any atom is 0.0743 e. The number of hydrogen-bond donors (Lipinski definition) is 2. The Morgan fingerprint density at radius 2 is 1.73 bits per heavy atom. The summed E-state index contributed by atoms with van der Waals surface area (Å²) < 4.78 is 0. The summed E-state index contributed by atoms with van der Waals surface area (Å²) in [6.45, 7) is 11.4. The molecule has 0 aliphatic carbocycles. The van der Waals surface area contributed by atoms with Gasteiger partial charge in [-0.15, -0.1) is 0 Å². The van der Waals surface area contributed by atoms with E-state index in [1.807, 2.05) is 6.92 Å². The second-order valence-corrected chi connectivity index (χ2v) is 5.32. The molecule has 0 fully saturated rings. The quantitative estimate of drug-likeness (QED) is 0.652. The summed E-state index contributed by atoms with van der Waals surface area (Å²) >= 11 is 0. The molecule has 0 heterocycles. The highest BCUT2D eigenvalue weighted by Crippen LogP contribution is 2.15.